The molecule has 0 radical (unpaired) electrons. The summed E-state index contributed by atoms with van der Waals surface area (Å²) in [6.07, 6.45) is 0.967. The van der Waals surface area contributed by atoms with Crippen LogP contribution in [0, 0.1) is 0 Å². The van der Waals surface area contributed by atoms with E-state index in [1.165, 1.54) is 0 Å². The van der Waals surface area contributed by atoms with E-state index in [4.69, 9.17) is 14.9 Å². The molecule has 5 rings (SSSR count). The van der Waals surface area contributed by atoms with Gasteiger partial charge in [-0.15, -0.1) is 0 Å². The summed E-state index contributed by atoms with van der Waals surface area (Å²) in [6.45, 7) is 6.14. The lowest BCUT2D eigenvalue weighted by atomic mass is 10.1. The highest BCUT2D eigenvalue weighted by atomic mass is 16.5. The lowest BCUT2D eigenvalue weighted by Gasteiger charge is -2.32. The van der Waals surface area contributed by atoms with Gasteiger partial charge in [0.2, 0.25) is 0 Å². The highest BCUT2D eigenvalue weighted by molar-refractivity contribution is 6.05. The first-order valence-electron chi connectivity index (χ1n) is 11.2. The molecule has 0 aliphatic carbocycles. The SMILES string of the molecule is CN1CCN(CCCOc2cccc(-c3nc(N)c4c(=O)oc5ccccc5c4n3)c2)CC1. The first-order chi connectivity index (χ1) is 16.1. The van der Waals surface area contributed by atoms with Gasteiger partial charge in [0.25, 0.3) is 0 Å². The van der Waals surface area contributed by atoms with Crippen molar-refractivity contribution in [2.24, 2.45) is 0 Å². The molecule has 0 bridgehead atoms. The average molecular weight is 446 g/mol. The number of benzene rings is 2. The van der Waals surface area contributed by atoms with E-state index in [0.717, 1.165) is 55.8 Å². The van der Waals surface area contributed by atoms with E-state index in [0.29, 0.717) is 23.5 Å². The second kappa shape index (κ2) is 9.17. The molecule has 2 aromatic heterocycles. The van der Waals surface area contributed by atoms with Crippen molar-refractivity contribution < 1.29 is 9.15 Å². The molecule has 0 amide bonds. The Labute approximate surface area is 191 Å². The molecule has 0 spiro atoms. The monoisotopic (exact) mass is 445 g/mol. The summed E-state index contributed by atoms with van der Waals surface area (Å²) >= 11 is 0. The van der Waals surface area contributed by atoms with E-state index in [2.05, 4.69) is 26.8 Å². The summed E-state index contributed by atoms with van der Waals surface area (Å²) in [7, 11) is 2.16. The van der Waals surface area contributed by atoms with Crippen molar-refractivity contribution in [2.45, 2.75) is 6.42 Å². The maximum atomic E-state index is 12.4. The van der Waals surface area contributed by atoms with Crippen LogP contribution in [-0.2, 0) is 0 Å². The molecule has 2 N–H and O–H groups in total. The van der Waals surface area contributed by atoms with Crippen LogP contribution in [0.25, 0.3) is 33.3 Å². The molecule has 0 atom stereocenters. The quantitative estimate of drug-likeness (QED) is 0.275. The molecule has 170 valence electrons. The van der Waals surface area contributed by atoms with Gasteiger partial charge in [-0.05, 0) is 37.7 Å². The minimum absolute atomic E-state index is 0.105. The first-order valence-corrected chi connectivity index (χ1v) is 11.2. The van der Waals surface area contributed by atoms with Gasteiger partial charge in [-0.2, -0.15) is 0 Å². The van der Waals surface area contributed by atoms with Crippen molar-refractivity contribution in [2.75, 3.05) is 52.1 Å². The Kier molecular flexibility index (Phi) is 5.93. The van der Waals surface area contributed by atoms with Gasteiger partial charge in [-0.1, -0.05) is 24.3 Å². The Hall–Kier alpha value is -3.49. The van der Waals surface area contributed by atoms with Crippen LogP contribution < -0.4 is 16.1 Å². The summed E-state index contributed by atoms with van der Waals surface area (Å²) in [5, 5.41) is 0.924. The molecule has 0 unspecified atom stereocenters. The van der Waals surface area contributed by atoms with Gasteiger partial charge in [-0.25, -0.2) is 14.8 Å². The molecular formula is C25H27N5O3. The fourth-order valence-electron chi connectivity index (χ4n) is 4.18. The summed E-state index contributed by atoms with van der Waals surface area (Å²) in [5.41, 5.74) is 7.35. The molecule has 2 aromatic carbocycles. The van der Waals surface area contributed by atoms with Gasteiger partial charge in [0, 0.05) is 43.7 Å². The fraction of sp³-hybridized carbons (Fsp3) is 0.320. The zero-order valence-corrected chi connectivity index (χ0v) is 18.7. The molecule has 8 nitrogen and oxygen atoms in total. The second-order valence-corrected chi connectivity index (χ2v) is 8.42. The van der Waals surface area contributed by atoms with Gasteiger partial charge in [-0.3, -0.25) is 0 Å². The molecular weight excluding hydrogens is 418 g/mol. The predicted octanol–water partition coefficient (Wildman–Crippen LogP) is 3.00. The number of hydrogen-bond acceptors (Lipinski definition) is 8. The van der Waals surface area contributed by atoms with Crippen LogP contribution in [0.2, 0.25) is 0 Å². The summed E-state index contributed by atoms with van der Waals surface area (Å²) < 4.78 is 11.4. The van der Waals surface area contributed by atoms with Crippen LogP contribution in [0.4, 0.5) is 5.82 Å². The fourth-order valence-corrected chi connectivity index (χ4v) is 4.18. The maximum Gasteiger partial charge on any atom is 0.349 e. The summed E-state index contributed by atoms with van der Waals surface area (Å²) in [5.74, 6) is 1.30. The van der Waals surface area contributed by atoms with Crippen LogP contribution in [0.5, 0.6) is 5.75 Å². The third-order valence-corrected chi connectivity index (χ3v) is 6.06. The van der Waals surface area contributed by atoms with Crippen molar-refractivity contribution in [1.82, 2.24) is 19.8 Å². The number of likely N-dealkylation sites (N-methyl/N-ethyl adjacent to an activating group) is 1. The van der Waals surface area contributed by atoms with Crippen LogP contribution >= 0.6 is 0 Å². The van der Waals surface area contributed by atoms with E-state index in [-0.39, 0.29) is 11.2 Å². The van der Waals surface area contributed by atoms with Gasteiger partial charge in [0.05, 0.1) is 12.1 Å². The van der Waals surface area contributed by atoms with E-state index in [9.17, 15) is 4.79 Å². The molecule has 33 heavy (non-hydrogen) atoms. The Morgan fingerprint density at radius 1 is 1.06 bits per heavy atom. The molecule has 1 aliphatic rings. The number of nitrogen functional groups attached to an aromatic ring is 1. The highest BCUT2D eigenvalue weighted by Gasteiger charge is 2.16. The van der Waals surface area contributed by atoms with E-state index in [1.54, 1.807) is 6.07 Å². The minimum Gasteiger partial charge on any atom is -0.494 e. The lowest BCUT2D eigenvalue weighted by molar-refractivity contribution is 0.145. The van der Waals surface area contributed by atoms with Crippen LogP contribution in [0.15, 0.2) is 57.7 Å². The number of nitrogens with zero attached hydrogens (tertiary/aromatic N) is 4. The van der Waals surface area contributed by atoms with Gasteiger partial charge >= 0.3 is 5.63 Å². The number of ether oxygens (including phenoxy) is 1. The van der Waals surface area contributed by atoms with E-state index >= 15 is 0 Å². The zero-order chi connectivity index (χ0) is 22.8. The summed E-state index contributed by atoms with van der Waals surface area (Å²) in [4.78, 5) is 26.3. The molecule has 1 fully saturated rings. The van der Waals surface area contributed by atoms with E-state index < -0.39 is 5.63 Å². The standard InChI is InChI=1S/C25H27N5O3/c1-29-11-13-30(14-12-29)10-5-15-32-18-7-4-6-17(16-18)24-27-22-19-8-2-3-9-20(19)33-25(31)21(22)23(26)28-24/h2-4,6-9,16H,5,10-15H2,1H3,(H2,26,27,28). The van der Waals surface area contributed by atoms with Gasteiger partial charge in [0.15, 0.2) is 5.82 Å². The Morgan fingerprint density at radius 2 is 1.88 bits per heavy atom. The minimum atomic E-state index is -0.537. The number of rotatable bonds is 6. The van der Waals surface area contributed by atoms with Gasteiger partial charge < -0.3 is 24.7 Å². The maximum absolute atomic E-state index is 12.4. The van der Waals surface area contributed by atoms with Crippen molar-refractivity contribution >= 4 is 27.7 Å². The van der Waals surface area contributed by atoms with Crippen molar-refractivity contribution in [3.63, 3.8) is 0 Å². The van der Waals surface area contributed by atoms with Crippen LogP contribution in [0.1, 0.15) is 6.42 Å². The normalized spacial score (nSPS) is 15.3. The predicted molar refractivity (Wildman–Crippen MR) is 129 cm³/mol. The number of hydrogen-bond donors (Lipinski definition) is 1. The van der Waals surface area contributed by atoms with Crippen molar-refractivity contribution in [3.8, 4) is 17.1 Å². The largest absolute Gasteiger partial charge is 0.494 e. The van der Waals surface area contributed by atoms with Crippen LogP contribution in [0.3, 0.4) is 0 Å². The number of fused-ring (bicyclic) bond motifs is 3. The molecule has 3 heterocycles. The third-order valence-electron chi connectivity index (χ3n) is 6.06. The smallest absolute Gasteiger partial charge is 0.349 e. The van der Waals surface area contributed by atoms with E-state index in [1.807, 2.05) is 42.5 Å². The molecule has 0 saturated carbocycles. The number of anilines is 1. The third kappa shape index (κ3) is 4.53. The number of piperazine rings is 1. The summed E-state index contributed by atoms with van der Waals surface area (Å²) in [6, 6.07) is 14.9. The van der Waals surface area contributed by atoms with Crippen LogP contribution in [-0.4, -0.2) is 66.1 Å². The first kappa shape index (κ1) is 21.4. The number of para-hydroxylation sites is 1. The number of nitrogens with two attached hydrogens (primary N) is 1. The average Bonchev–Trinajstić information content (AvgIpc) is 2.83. The van der Waals surface area contributed by atoms with Crippen molar-refractivity contribution in [3.05, 3.63) is 59.0 Å². The second-order valence-electron chi connectivity index (χ2n) is 8.42. The highest BCUT2D eigenvalue weighted by Crippen LogP contribution is 2.28. The Balaban J connectivity index is 1.35. The number of aromatic nitrogens is 2. The van der Waals surface area contributed by atoms with Crippen molar-refractivity contribution in [1.29, 1.82) is 0 Å². The molecule has 4 aromatic rings. The molecule has 1 aliphatic heterocycles. The topological polar surface area (TPSA) is 97.7 Å². The zero-order valence-electron chi connectivity index (χ0n) is 18.7. The Bertz CT molecular complexity index is 1350. The molecule has 1 saturated heterocycles. The lowest BCUT2D eigenvalue weighted by Crippen LogP contribution is -2.44. The van der Waals surface area contributed by atoms with Gasteiger partial charge in [0.1, 0.15) is 22.5 Å². The Morgan fingerprint density at radius 3 is 2.73 bits per heavy atom. The molecule has 8 heteroatoms.